The van der Waals surface area contributed by atoms with Crippen molar-refractivity contribution in [3.05, 3.63) is 61.1 Å². The third kappa shape index (κ3) is 4.25. The van der Waals surface area contributed by atoms with Crippen molar-refractivity contribution in [2.75, 3.05) is 20.6 Å². The van der Waals surface area contributed by atoms with Gasteiger partial charge in [0.25, 0.3) is 11.5 Å². The molecule has 1 aromatic heterocycles. The van der Waals surface area contributed by atoms with Crippen molar-refractivity contribution in [2.45, 2.75) is 84.4 Å². The third-order valence-electron chi connectivity index (χ3n) is 9.14. The molecule has 1 aromatic carbocycles. The molecule has 1 fully saturated rings. The van der Waals surface area contributed by atoms with Gasteiger partial charge in [0, 0.05) is 41.4 Å². The molecule has 3 aliphatic rings. The van der Waals surface area contributed by atoms with Crippen LogP contribution in [-0.2, 0) is 19.4 Å². The monoisotopic (exact) mass is 502 g/mol. The average Bonchev–Trinajstić information content (AvgIpc) is 3.21. The Balaban J connectivity index is 1.46. The molecule has 2 aromatic rings. The minimum atomic E-state index is -0.366. The number of nitrogens with zero attached hydrogens (tertiary/aromatic N) is 3. The third-order valence-corrected chi connectivity index (χ3v) is 9.14. The topological polar surface area (TPSA) is 89.4 Å². The summed E-state index contributed by atoms with van der Waals surface area (Å²) in [6.07, 6.45) is 5.82. The van der Waals surface area contributed by atoms with Crippen LogP contribution in [0.5, 0.6) is 5.75 Å². The highest BCUT2D eigenvalue weighted by Gasteiger charge is 2.47. The van der Waals surface area contributed by atoms with Crippen LogP contribution in [0.1, 0.15) is 82.0 Å². The normalized spacial score (nSPS) is 25.0. The first kappa shape index (κ1) is 25.5. The van der Waals surface area contributed by atoms with Gasteiger partial charge in [-0.1, -0.05) is 0 Å². The Labute approximate surface area is 219 Å². The van der Waals surface area contributed by atoms with Gasteiger partial charge in [-0.25, -0.2) is 0 Å². The number of rotatable bonds is 4. The number of benzene rings is 1. The molecule has 0 saturated heterocycles. The second-order valence-corrected chi connectivity index (χ2v) is 11.8. The maximum atomic E-state index is 13.8. The predicted octanol–water partition coefficient (Wildman–Crippen LogP) is 4.18. The number of aromatic nitrogens is 1. The number of fused-ring (bicyclic) bond motifs is 2. The predicted molar refractivity (Wildman–Crippen MR) is 143 cm³/mol. The smallest absolute Gasteiger partial charge is 0.254 e. The second-order valence-electron chi connectivity index (χ2n) is 11.8. The van der Waals surface area contributed by atoms with Crippen LogP contribution in [0.3, 0.4) is 0 Å². The summed E-state index contributed by atoms with van der Waals surface area (Å²) < 4.78 is 6.73. The lowest BCUT2D eigenvalue weighted by atomic mass is 9.73. The van der Waals surface area contributed by atoms with Gasteiger partial charge in [-0.15, -0.1) is 0 Å². The number of hydrogen-bond donors (Lipinski definition) is 1. The maximum Gasteiger partial charge on any atom is 0.254 e. The number of carbonyl (C=O) groups excluding carboxylic acids is 1. The molecule has 2 aliphatic heterocycles. The first-order valence-electron chi connectivity index (χ1n) is 13.5. The number of ether oxygens (including phenoxy) is 1. The average molecular weight is 503 g/mol. The molecule has 7 heteroatoms. The largest absolute Gasteiger partial charge is 0.486 e. The van der Waals surface area contributed by atoms with E-state index >= 15 is 0 Å². The van der Waals surface area contributed by atoms with E-state index < -0.39 is 0 Å². The van der Waals surface area contributed by atoms with E-state index in [2.05, 4.69) is 37.0 Å². The van der Waals surface area contributed by atoms with Gasteiger partial charge in [0.15, 0.2) is 0 Å². The Morgan fingerprint density at radius 1 is 1.16 bits per heavy atom. The van der Waals surface area contributed by atoms with E-state index in [0.717, 1.165) is 59.4 Å². The molecule has 3 heterocycles. The van der Waals surface area contributed by atoms with Gasteiger partial charge in [0.1, 0.15) is 11.4 Å². The van der Waals surface area contributed by atoms with E-state index in [9.17, 15) is 14.9 Å². The van der Waals surface area contributed by atoms with Crippen LogP contribution < -0.4 is 10.3 Å². The molecule has 7 nitrogen and oxygen atoms in total. The van der Waals surface area contributed by atoms with Crippen LogP contribution in [0.15, 0.2) is 10.9 Å². The number of amides is 1. The zero-order valence-corrected chi connectivity index (χ0v) is 23.0. The number of nitrogens with one attached hydrogen (secondary N) is 1. The Kier molecular flexibility index (Phi) is 6.44. The molecular weight excluding hydrogens is 464 g/mol. The molecule has 1 N–H and O–H groups in total. The van der Waals surface area contributed by atoms with Gasteiger partial charge < -0.3 is 19.5 Å². The van der Waals surface area contributed by atoms with E-state index in [-0.39, 0.29) is 23.6 Å². The van der Waals surface area contributed by atoms with Crippen LogP contribution in [-0.4, -0.2) is 53.0 Å². The van der Waals surface area contributed by atoms with Crippen molar-refractivity contribution in [3.63, 3.8) is 0 Å². The molecule has 5 rings (SSSR count). The molecular formula is C30H38N4O3. The first-order valence-corrected chi connectivity index (χ1v) is 13.5. The minimum Gasteiger partial charge on any atom is -0.486 e. The number of hydrogen-bond acceptors (Lipinski definition) is 5. The number of pyridine rings is 1. The summed E-state index contributed by atoms with van der Waals surface area (Å²) in [5, 5.41) is 10.2. The highest BCUT2D eigenvalue weighted by Crippen LogP contribution is 2.49. The van der Waals surface area contributed by atoms with Crippen molar-refractivity contribution in [1.82, 2.24) is 14.8 Å². The molecule has 196 valence electrons. The molecule has 1 saturated carbocycles. The summed E-state index contributed by atoms with van der Waals surface area (Å²) in [6, 6.07) is 4.99. The van der Waals surface area contributed by atoms with Crippen molar-refractivity contribution in [2.24, 2.45) is 5.92 Å². The van der Waals surface area contributed by atoms with Crippen molar-refractivity contribution in [1.29, 1.82) is 5.26 Å². The van der Waals surface area contributed by atoms with E-state index in [1.165, 1.54) is 0 Å². The molecule has 0 unspecified atom stereocenters. The van der Waals surface area contributed by atoms with Gasteiger partial charge >= 0.3 is 0 Å². The second kappa shape index (κ2) is 9.33. The first-order chi connectivity index (χ1) is 17.5. The van der Waals surface area contributed by atoms with Gasteiger partial charge in [0.2, 0.25) is 0 Å². The Morgan fingerprint density at radius 3 is 2.49 bits per heavy atom. The summed E-state index contributed by atoms with van der Waals surface area (Å²) in [4.78, 5) is 33.4. The van der Waals surface area contributed by atoms with Gasteiger partial charge in [-0.05, 0) is 97.0 Å². The SMILES string of the molecule is Cc1cc(C)c(CN2CCc3c(C#N)c4c(c(C)c3C2=O)O[C@](C)(C2CCC(N(C)C)CC2)C4)c(=O)[nH]1. The quantitative estimate of drug-likeness (QED) is 0.677. The van der Waals surface area contributed by atoms with Crippen LogP contribution in [0.4, 0.5) is 0 Å². The van der Waals surface area contributed by atoms with E-state index in [1.807, 2.05) is 26.8 Å². The number of carbonyl (C=O) groups is 1. The summed E-state index contributed by atoms with van der Waals surface area (Å²) in [5.74, 6) is 1.02. The Morgan fingerprint density at radius 2 is 1.86 bits per heavy atom. The highest BCUT2D eigenvalue weighted by molar-refractivity contribution is 6.00. The van der Waals surface area contributed by atoms with Crippen LogP contribution in [0.25, 0.3) is 0 Å². The fourth-order valence-electron chi connectivity index (χ4n) is 6.95. The number of nitriles is 1. The van der Waals surface area contributed by atoms with E-state index in [0.29, 0.717) is 48.0 Å². The van der Waals surface area contributed by atoms with E-state index in [1.54, 1.807) is 4.90 Å². The van der Waals surface area contributed by atoms with Crippen molar-refractivity contribution in [3.8, 4) is 11.8 Å². The summed E-state index contributed by atoms with van der Waals surface area (Å²) in [7, 11) is 4.30. The molecule has 37 heavy (non-hydrogen) atoms. The molecule has 1 aliphatic carbocycles. The van der Waals surface area contributed by atoms with Gasteiger partial charge in [0.05, 0.1) is 23.7 Å². The van der Waals surface area contributed by atoms with Crippen molar-refractivity contribution < 1.29 is 9.53 Å². The zero-order valence-electron chi connectivity index (χ0n) is 23.0. The molecule has 1 atom stereocenters. The molecule has 1 amide bonds. The van der Waals surface area contributed by atoms with Gasteiger partial charge in [-0.2, -0.15) is 5.26 Å². The summed E-state index contributed by atoms with van der Waals surface area (Å²) in [6.45, 7) is 8.65. The minimum absolute atomic E-state index is 0.124. The summed E-state index contributed by atoms with van der Waals surface area (Å²) in [5.41, 5.74) is 5.65. The summed E-state index contributed by atoms with van der Waals surface area (Å²) >= 11 is 0. The number of aryl methyl sites for hydroxylation is 2. The zero-order chi connectivity index (χ0) is 26.6. The molecule has 0 bridgehead atoms. The van der Waals surface area contributed by atoms with Crippen molar-refractivity contribution >= 4 is 5.91 Å². The molecule has 0 radical (unpaired) electrons. The van der Waals surface area contributed by atoms with Crippen LogP contribution >= 0.6 is 0 Å². The lowest BCUT2D eigenvalue weighted by Crippen LogP contribution is -2.44. The standard InChI is InChI=1S/C30H38N4O3/c1-17-13-18(2)32-28(35)25(17)16-34-12-11-22-24(15-31)23-14-30(4,20-7-9-21(10-8-20)33(5)6)37-27(23)19(3)26(22)29(34)36/h13,20-21H,7-12,14,16H2,1-6H3,(H,32,35)/t20?,21?,30-/m0/s1. The highest BCUT2D eigenvalue weighted by atomic mass is 16.5. The lowest BCUT2D eigenvalue weighted by Gasteiger charge is -2.40. The number of aromatic amines is 1. The number of H-pyrrole nitrogens is 1. The van der Waals surface area contributed by atoms with Gasteiger partial charge in [-0.3, -0.25) is 9.59 Å². The fourth-order valence-corrected chi connectivity index (χ4v) is 6.95. The van der Waals surface area contributed by atoms with Crippen LogP contribution in [0, 0.1) is 38.0 Å². The lowest BCUT2D eigenvalue weighted by molar-refractivity contribution is 0.0157. The molecule has 0 spiro atoms. The van der Waals surface area contributed by atoms with Crippen LogP contribution in [0.2, 0.25) is 0 Å². The maximum absolute atomic E-state index is 13.8. The van der Waals surface area contributed by atoms with E-state index in [4.69, 9.17) is 4.74 Å². The fraction of sp³-hybridized carbons (Fsp3) is 0.567. The Bertz CT molecular complexity index is 1360. The Hall–Kier alpha value is -3.11.